The first-order valence-electron chi connectivity index (χ1n) is 14.3. The fraction of sp³-hybridized carbons (Fsp3) is 0.455. The van der Waals surface area contributed by atoms with Crippen molar-refractivity contribution in [1.29, 1.82) is 0 Å². The highest BCUT2D eigenvalue weighted by Crippen LogP contribution is 2.32. The van der Waals surface area contributed by atoms with Crippen LogP contribution in [0.5, 0.6) is 0 Å². The van der Waals surface area contributed by atoms with Crippen molar-refractivity contribution < 1.29 is 27.5 Å². The maximum absolute atomic E-state index is 13.7. The first-order valence-corrected chi connectivity index (χ1v) is 15.8. The number of nitrogens with one attached hydrogen (secondary N) is 2. The third kappa shape index (κ3) is 9.10. The van der Waals surface area contributed by atoms with Gasteiger partial charge in [0.2, 0.25) is 0 Å². The molecule has 0 unspecified atom stereocenters. The predicted octanol–water partition coefficient (Wildman–Crippen LogP) is 6.61. The first kappa shape index (κ1) is 33.7. The molecular weight excluding hydrogens is 566 g/mol. The standard InChI is InChI=1S/C33H45N3O6S/c1-21(2)24-18-17-23(35-43(39,40)29-16-12-13-25-26(29)14-11-15-28(25)36(9)10)19-22(24)20-27(30(37)41-32(3,4)5)34-31(38)42-33(6,7)8/h11-19,21,27,35H,20H2,1-10H3,(H,34,38)/t27-/m0/s1. The Labute approximate surface area is 256 Å². The number of esters is 1. The van der Waals surface area contributed by atoms with Gasteiger partial charge in [-0.3, -0.25) is 4.72 Å². The van der Waals surface area contributed by atoms with Crippen LogP contribution < -0.4 is 14.9 Å². The molecule has 0 aliphatic rings. The quantitative estimate of drug-likeness (QED) is 0.262. The molecule has 10 heteroatoms. The Hall–Kier alpha value is -3.79. The van der Waals surface area contributed by atoms with Crippen LogP contribution in [0, 0.1) is 0 Å². The van der Waals surface area contributed by atoms with Gasteiger partial charge in [-0.1, -0.05) is 44.2 Å². The maximum Gasteiger partial charge on any atom is 0.408 e. The third-order valence-corrected chi connectivity index (χ3v) is 7.89. The number of carbonyl (C=O) groups is 2. The van der Waals surface area contributed by atoms with E-state index in [1.54, 1.807) is 71.9 Å². The second-order valence-electron chi connectivity index (χ2n) is 13.1. The Kier molecular flexibility index (Phi) is 10.1. The number of sulfonamides is 1. The molecular formula is C33H45N3O6S. The normalized spacial score (nSPS) is 13.0. The van der Waals surface area contributed by atoms with Gasteiger partial charge in [0, 0.05) is 42.7 Å². The minimum absolute atomic E-state index is 0.0593. The minimum atomic E-state index is -3.99. The molecule has 43 heavy (non-hydrogen) atoms. The highest BCUT2D eigenvalue weighted by molar-refractivity contribution is 7.93. The van der Waals surface area contributed by atoms with Crippen molar-refractivity contribution in [3.8, 4) is 0 Å². The van der Waals surface area contributed by atoms with Gasteiger partial charge >= 0.3 is 12.1 Å². The van der Waals surface area contributed by atoms with Gasteiger partial charge in [-0.25, -0.2) is 18.0 Å². The van der Waals surface area contributed by atoms with Crippen LogP contribution >= 0.6 is 0 Å². The zero-order valence-electron chi connectivity index (χ0n) is 26.9. The maximum atomic E-state index is 13.7. The van der Waals surface area contributed by atoms with E-state index in [4.69, 9.17) is 9.47 Å². The van der Waals surface area contributed by atoms with E-state index < -0.39 is 39.3 Å². The number of hydrogen-bond donors (Lipinski definition) is 2. The van der Waals surface area contributed by atoms with Gasteiger partial charge in [0.25, 0.3) is 10.0 Å². The van der Waals surface area contributed by atoms with Gasteiger partial charge in [0.15, 0.2) is 0 Å². The van der Waals surface area contributed by atoms with E-state index in [2.05, 4.69) is 10.0 Å². The number of anilines is 2. The second-order valence-corrected chi connectivity index (χ2v) is 14.8. The molecule has 0 saturated carbocycles. The number of amides is 1. The van der Waals surface area contributed by atoms with Crippen molar-refractivity contribution in [1.82, 2.24) is 5.32 Å². The molecule has 2 N–H and O–H groups in total. The summed E-state index contributed by atoms with van der Waals surface area (Å²) < 4.78 is 41.2. The molecule has 0 radical (unpaired) electrons. The number of alkyl carbamates (subject to hydrolysis) is 1. The Morgan fingerprint density at radius 3 is 2.05 bits per heavy atom. The fourth-order valence-corrected chi connectivity index (χ4v) is 6.02. The molecule has 1 amide bonds. The molecule has 0 spiro atoms. The second kappa shape index (κ2) is 12.8. The Bertz CT molecular complexity index is 1580. The van der Waals surface area contributed by atoms with Gasteiger partial charge in [0.05, 0.1) is 4.90 Å². The summed E-state index contributed by atoms with van der Waals surface area (Å²) in [5.74, 6) is -0.560. The topological polar surface area (TPSA) is 114 Å². The molecule has 0 bridgehead atoms. The molecule has 3 aromatic rings. The summed E-state index contributed by atoms with van der Waals surface area (Å²) >= 11 is 0. The van der Waals surface area contributed by atoms with E-state index in [1.807, 2.05) is 57.1 Å². The van der Waals surface area contributed by atoms with Crippen LogP contribution in [0.2, 0.25) is 0 Å². The zero-order valence-corrected chi connectivity index (χ0v) is 27.7. The number of rotatable bonds is 9. The van der Waals surface area contributed by atoms with Crippen molar-refractivity contribution >= 4 is 44.2 Å². The van der Waals surface area contributed by atoms with Gasteiger partial charge in [-0.2, -0.15) is 0 Å². The molecule has 0 aromatic heterocycles. The molecule has 234 valence electrons. The summed E-state index contributed by atoms with van der Waals surface area (Å²) in [7, 11) is -0.168. The van der Waals surface area contributed by atoms with E-state index in [1.165, 1.54) is 0 Å². The van der Waals surface area contributed by atoms with Crippen molar-refractivity contribution in [2.75, 3.05) is 23.7 Å². The molecule has 0 aliphatic heterocycles. The van der Waals surface area contributed by atoms with Crippen LogP contribution in [0.3, 0.4) is 0 Å². The number of hydrogen-bond acceptors (Lipinski definition) is 7. The van der Waals surface area contributed by atoms with Crippen molar-refractivity contribution in [2.45, 2.75) is 89.9 Å². The predicted molar refractivity (Wildman–Crippen MR) is 172 cm³/mol. The highest BCUT2D eigenvalue weighted by atomic mass is 32.2. The summed E-state index contributed by atoms with van der Waals surface area (Å²) in [5.41, 5.74) is 1.29. The summed E-state index contributed by atoms with van der Waals surface area (Å²) in [6, 6.07) is 14.9. The van der Waals surface area contributed by atoms with Crippen LogP contribution in [0.4, 0.5) is 16.2 Å². The van der Waals surface area contributed by atoms with E-state index in [0.717, 1.165) is 16.6 Å². The molecule has 0 fully saturated rings. The molecule has 9 nitrogen and oxygen atoms in total. The monoisotopic (exact) mass is 611 g/mol. The van der Waals surface area contributed by atoms with Crippen LogP contribution in [-0.2, 0) is 30.7 Å². The smallest absolute Gasteiger partial charge is 0.408 e. The highest BCUT2D eigenvalue weighted by Gasteiger charge is 2.30. The Morgan fingerprint density at radius 1 is 0.860 bits per heavy atom. The molecule has 1 atom stereocenters. The zero-order chi connectivity index (χ0) is 32.3. The van der Waals surface area contributed by atoms with E-state index in [0.29, 0.717) is 16.6 Å². The number of ether oxygens (including phenoxy) is 2. The summed E-state index contributed by atoms with van der Waals surface area (Å²) in [4.78, 5) is 28.0. The Morgan fingerprint density at radius 2 is 1.47 bits per heavy atom. The van der Waals surface area contributed by atoms with E-state index >= 15 is 0 Å². The lowest BCUT2D eigenvalue weighted by Crippen LogP contribution is -2.47. The number of fused-ring (bicyclic) bond motifs is 1. The van der Waals surface area contributed by atoms with Crippen molar-refractivity contribution in [3.05, 3.63) is 65.7 Å². The fourth-order valence-electron chi connectivity index (χ4n) is 4.74. The van der Waals surface area contributed by atoms with Crippen molar-refractivity contribution in [2.24, 2.45) is 0 Å². The van der Waals surface area contributed by atoms with Gasteiger partial charge in [-0.05, 0) is 82.9 Å². The van der Waals surface area contributed by atoms with Crippen LogP contribution in [0.15, 0.2) is 59.5 Å². The summed E-state index contributed by atoms with van der Waals surface area (Å²) in [6.45, 7) is 14.5. The van der Waals surface area contributed by atoms with Crippen LogP contribution in [0.1, 0.15) is 72.4 Å². The summed E-state index contributed by atoms with van der Waals surface area (Å²) in [6.07, 6.45) is -0.683. The molecule has 0 saturated heterocycles. The minimum Gasteiger partial charge on any atom is -0.458 e. The Balaban J connectivity index is 2.01. The van der Waals surface area contributed by atoms with Crippen LogP contribution in [0.25, 0.3) is 10.8 Å². The lowest BCUT2D eigenvalue weighted by molar-refractivity contribution is -0.157. The molecule has 3 rings (SSSR count). The molecule has 3 aromatic carbocycles. The van der Waals surface area contributed by atoms with Gasteiger partial charge in [-0.15, -0.1) is 0 Å². The lowest BCUT2D eigenvalue weighted by atomic mass is 9.92. The largest absolute Gasteiger partial charge is 0.458 e. The number of benzene rings is 3. The lowest BCUT2D eigenvalue weighted by Gasteiger charge is -2.27. The molecule has 0 heterocycles. The van der Waals surface area contributed by atoms with Crippen LogP contribution in [-0.4, -0.2) is 51.8 Å². The third-order valence-electron chi connectivity index (χ3n) is 6.45. The van der Waals surface area contributed by atoms with Crippen molar-refractivity contribution in [3.63, 3.8) is 0 Å². The van der Waals surface area contributed by atoms with Gasteiger partial charge < -0.3 is 19.7 Å². The van der Waals surface area contributed by atoms with E-state index in [-0.39, 0.29) is 17.2 Å². The average Bonchev–Trinajstić information content (AvgIpc) is 2.85. The average molecular weight is 612 g/mol. The van der Waals surface area contributed by atoms with E-state index in [9.17, 15) is 18.0 Å². The van der Waals surface area contributed by atoms with Gasteiger partial charge in [0.1, 0.15) is 17.2 Å². The SMILES string of the molecule is CC(C)c1ccc(NS(=O)(=O)c2cccc3c(N(C)C)cccc23)cc1C[C@H](NC(=O)OC(C)(C)C)C(=O)OC(C)(C)C. The molecule has 0 aliphatic carbocycles. The number of nitrogens with zero attached hydrogens (tertiary/aromatic N) is 1. The first-order chi connectivity index (χ1) is 19.8. The summed E-state index contributed by atoms with van der Waals surface area (Å²) in [5, 5.41) is 4.08. The number of carbonyl (C=O) groups excluding carboxylic acids is 2.